The second-order valence-electron chi connectivity index (χ2n) is 8.41. The van der Waals surface area contributed by atoms with Crippen molar-refractivity contribution in [3.8, 4) is 5.75 Å². The summed E-state index contributed by atoms with van der Waals surface area (Å²) in [6, 6.07) is 12.1. The van der Waals surface area contributed by atoms with Gasteiger partial charge in [0, 0.05) is 72.7 Å². The fourth-order valence-electron chi connectivity index (χ4n) is 4.42. The van der Waals surface area contributed by atoms with Crippen LogP contribution in [0.3, 0.4) is 0 Å². The molecule has 2 heterocycles. The van der Waals surface area contributed by atoms with Crippen LogP contribution in [0.5, 0.6) is 5.75 Å². The number of aliphatic carboxylic acids is 2. The zero-order valence-corrected chi connectivity index (χ0v) is 19.4. The molecule has 10 nitrogen and oxygen atoms in total. The molecule has 0 spiro atoms. The van der Waals surface area contributed by atoms with Gasteiger partial charge in [-0.25, -0.2) is 0 Å². The third-order valence-electron chi connectivity index (χ3n) is 6.19. The Labute approximate surface area is 202 Å². The largest absolute Gasteiger partial charge is 0.497 e. The standard InChI is InChI=1S/C25H28N4O6/c1-35-18-4-2-3-17(14-18)28-9-11-29(12-10-28)24(25(33)34)20-15-26-21-6-5-16(13-19(20)21)27-22(30)7-8-23(31)32/h2-6,13-15,24,26H,7-12H2,1H3,(H,27,30)(H,31,32)(H,33,34)/t24-/m1/s1. The van der Waals surface area contributed by atoms with Crippen LogP contribution in [0.2, 0.25) is 0 Å². The third kappa shape index (κ3) is 5.55. The number of methoxy groups -OCH3 is 1. The first-order valence-corrected chi connectivity index (χ1v) is 11.3. The summed E-state index contributed by atoms with van der Waals surface area (Å²) in [5, 5.41) is 22.3. The summed E-state index contributed by atoms with van der Waals surface area (Å²) in [5.74, 6) is -1.62. The van der Waals surface area contributed by atoms with Crippen LogP contribution < -0.4 is 15.0 Å². The topological polar surface area (TPSA) is 135 Å². The summed E-state index contributed by atoms with van der Waals surface area (Å²) in [4.78, 5) is 42.4. The van der Waals surface area contributed by atoms with E-state index in [1.165, 1.54) is 0 Å². The average Bonchev–Trinajstić information content (AvgIpc) is 3.26. The number of anilines is 2. The molecule has 35 heavy (non-hydrogen) atoms. The molecule has 1 aliphatic rings. The van der Waals surface area contributed by atoms with E-state index in [2.05, 4.69) is 15.2 Å². The number of nitrogens with zero attached hydrogens (tertiary/aromatic N) is 2. The number of ether oxygens (including phenoxy) is 1. The van der Waals surface area contributed by atoms with Gasteiger partial charge in [0.1, 0.15) is 11.8 Å². The minimum absolute atomic E-state index is 0.136. The van der Waals surface area contributed by atoms with Crippen molar-refractivity contribution in [2.75, 3.05) is 43.5 Å². The van der Waals surface area contributed by atoms with Gasteiger partial charge in [-0.1, -0.05) is 6.07 Å². The Hall–Kier alpha value is -4.05. The normalized spacial score (nSPS) is 15.1. The van der Waals surface area contributed by atoms with E-state index >= 15 is 0 Å². The van der Waals surface area contributed by atoms with Crippen LogP contribution in [0.4, 0.5) is 11.4 Å². The molecular weight excluding hydrogens is 452 g/mol. The van der Waals surface area contributed by atoms with Crippen molar-refractivity contribution in [1.29, 1.82) is 0 Å². The molecule has 10 heteroatoms. The number of carboxylic acid groups (broad SMARTS) is 2. The monoisotopic (exact) mass is 480 g/mol. The van der Waals surface area contributed by atoms with Gasteiger partial charge in [-0.05, 0) is 30.3 Å². The SMILES string of the molecule is COc1cccc(N2CCN([C@@H](C(=O)O)c3c[nH]c4ccc(NC(=O)CCC(=O)O)cc34)CC2)c1. The Morgan fingerprint density at radius 2 is 1.83 bits per heavy atom. The molecule has 0 bridgehead atoms. The first-order valence-electron chi connectivity index (χ1n) is 11.3. The number of nitrogens with one attached hydrogen (secondary N) is 2. The molecule has 0 aliphatic carbocycles. The van der Waals surface area contributed by atoms with Crippen LogP contribution >= 0.6 is 0 Å². The Morgan fingerprint density at radius 1 is 1.06 bits per heavy atom. The van der Waals surface area contributed by atoms with Crippen LogP contribution in [0, 0.1) is 0 Å². The summed E-state index contributed by atoms with van der Waals surface area (Å²) >= 11 is 0. The van der Waals surface area contributed by atoms with Gasteiger partial charge in [0.05, 0.1) is 13.5 Å². The lowest BCUT2D eigenvalue weighted by Gasteiger charge is -2.38. The molecule has 3 aromatic rings. The third-order valence-corrected chi connectivity index (χ3v) is 6.19. The number of rotatable bonds is 9. The fourth-order valence-corrected chi connectivity index (χ4v) is 4.42. The molecule has 1 aliphatic heterocycles. The maximum atomic E-state index is 12.4. The number of H-pyrrole nitrogens is 1. The van der Waals surface area contributed by atoms with E-state index in [1.807, 2.05) is 29.2 Å². The van der Waals surface area contributed by atoms with Gasteiger partial charge < -0.3 is 30.2 Å². The summed E-state index contributed by atoms with van der Waals surface area (Å²) < 4.78 is 5.31. The minimum Gasteiger partial charge on any atom is -0.497 e. The van der Waals surface area contributed by atoms with E-state index < -0.39 is 23.9 Å². The van der Waals surface area contributed by atoms with Crippen LogP contribution in [0.1, 0.15) is 24.4 Å². The molecule has 0 unspecified atom stereocenters. The zero-order chi connectivity index (χ0) is 24.9. The van der Waals surface area contributed by atoms with Crippen molar-refractivity contribution < 1.29 is 29.3 Å². The van der Waals surface area contributed by atoms with Crippen LogP contribution in [0.25, 0.3) is 10.9 Å². The summed E-state index contributed by atoms with van der Waals surface area (Å²) in [5.41, 5.74) is 2.89. The number of hydrogen-bond donors (Lipinski definition) is 4. The number of carbonyl (C=O) groups is 3. The number of carboxylic acids is 2. The molecule has 0 saturated carbocycles. The molecule has 1 amide bonds. The Kier molecular flexibility index (Phi) is 7.21. The quantitative estimate of drug-likeness (QED) is 0.367. The average molecular weight is 481 g/mol. The van der Waals surface area contributed by atoms with Crippen LogP contribution in [-0.2, 0) is 14.4 Å². The molecule has 1 saturated heterocycles. The molecule has 4 rings (SSSR count). The smallest absolute Gasteiger partial charge is 0.325 e. The van der Waals surface area contributed by atoms with Crippen molar-refractivity contribution in [3.05, 3.63) is 54.2 Å². The van der Waals surface area contributed by atoms with Crippen molar-refractivity contribution in [1.82, 2.24) is 9.88 Å². The van der Waals surface area contributed by atoms with E-state index in [9.17, 15) is 19.5 Å². The second-order valence-corrected chi connectivity index (χ2v) is 8.41. The maximum absolute atomic E-state index is 12.4. The second kappa shape index (κ2) is 10.5. The first-order chi connectivity index (χ1) is 16.9. The zero-order valence-electron chi connectivity index (χ0n) is 19.4. The molecule has 1 atom stereocenters. The molecular formula is C25H28N4O6. The Bertz CT molecular complexity index is 1230. The van der Waals surface area contributed by atoms with Crippen LogP contribution in [-0.4, -0.2) is 71.2 Å². The van der Waals surface area contributed by atoms with Crippen molar-refractivity contribution in [3.63, 3.8) is 0 Å². The summed E-state index contributed by atoms with van der Waals surface area (Å²) in [6.07, 6.45) is 1.31. The first kappa shape index (κ1) is 24.1. The maximum Gasteiger partial charge on any atom is 0.325 e. The van der Waals surface area contributed by atoms with Gasteiger partial charge in [0.2, 0.25) is 5.91 Å². The van der Waals surface area contributed by atoms with E-state index in [4.69, 9.17) is 9.84 Å². The number of carbonyl (C=O) groups excluding carboxylic acids is 1. The lowest BCUT2D eigenvalue weighted by molar-refractivity contribution is -0.143. The number of benzene rings is 2. The highest BCUT2D eigenvalue weighted by atomic mass is 16.5. The Balaban J connectivity index is 1.51. The molecule has 4 N–H and O–H groups in total. The van der Waals surface area contributed by atoms with Gasteiger partial charge in [-0.15, -0.1) is 0 Å². The van der Waals surface area contributed by atoms with Gasteiger partial charge in [0.25, 0.3) is 0 Å². The number of piperazine rings is 1. The lowest BCUT2D eigenvalue weighted by atomic mass is 10.0. The van der Waals surface area contributed by atoms with Gasteiger partial charge in [-0.2, -0.15) is 0 Å². The summed E-state index contributed by atoms with van der Waals surface area (Å²) in [6.45, 7) is 2.47. The molecule has 2 aromatic carbocycles. The summed E-state index contributed by atoms with van der Waals surface area (Å²) in [7, 11) is 1.63. The fraction of sp³-hybridized carbons (Fsp3) is 0.320. The molecule has 1 aromatic heterocycles. The van der Waals surface area contributed by atoms with Crippen molar-refractivity contribution in [2.24, 2.45) is 0 Å². The number of fused-ring (bicyclic) bond motifs is 1. The molecule has 1 fully saturated rings. The Morgan fingerprint density at radius 3 is 2.51 bits per heavy atom. The van der Waals surface area contributed by atoms with E-state index in [1.54, 1.807) is 31.5 Å². The highest BCUT2D eigenvalue weighted by Crippen LogP contribution is 2.32. The van der Waals surface area contributed by atoms with Gasteiger partial charge in [-0.3, -0.25) is 19.3 Å². The molecule has 0 radical (unpaired) electrons. The van der Waals surface area contributed by atoms with E-state index in [0.29, 0.717) is 42.8 Å². The van der Waals surface area contributed by atoms with Crippen LogP contribution in [0.15, 0.2) is 48.7 Å². The van der Waals surface area contributed by atoms with Crippen molar-refractivity contribution in [2.45, 2.75) is 18.9 Å². The number of hydrogen-bond acceptors (Lipinski definition) is 6. The lowest BCUT2D eigenvalue weighted by Crippen LogP contribution is -2.49. The van der Waals surface area contributed by atoms with E-state index in [0.717, 1.165) is 17.0 Å². The number of aromatic nitrogens is 1. The number of aromatic amines is 1. The predicted octanol–water partition coefficient (Wildman–Crippen LogP) is 2.93. The van der Waals surface area contributed by atoms with Gasteiger partial charge >= 0.3 is 11.9 Å². The predicted molar refractivity (Wildman–Crippen MR) is 131 cm³/mol. The molecule has 184 valence electrons. The minimum atomic E-state index is -1.04. The van der Waals surface area contributed by atoms with Crippen molar-refractivity contribution >= 4 is 40.1 Å². The highest BCUT2D eigenvalue weighted by molar-refractivity contribution is 5.96. The van der Waals surface area contributed by atoms with Gasteiger partial charge in [0.15, 0.2) is 0 Å². The van der Waals surface area contributed by atoms with E-state index in [-0.39, 0.29) is 12.8 Å². The highest BCUT2D eigenvalue weighted by Gasteiger charge is 2.32. The number of amides is 1.